The van der Waals surface area contributed by atoms with Crippen molar-refractivity contribution in [3.63, 3.8) is 0 Å². The van der Waals surface area contributed by atoms with E-state index in [0.29, 0.717) is 18.8 Å². The largest absolute Gasteiger partial charge is 0.375 e. The number of aryl methyl sites for hydroxylation is 1. The minimum Gasteiger partial charge on any atom is -0.375 e. The van der Waals surface area contributed by atoms with Crippen molar-refractivity contribution in [2.75, 3.05) is 13.2 Å². The van der Waals surface area contributed by atoms with Gasteiger partial charge in [0.05, 0.1) is 30.6 Å². The Labute approximate surface area is 129 Å². The summed E-state index contributed by atoms with van der Waals surface area (Å²) in [6.07, 6.45) is 1.73. The Balaban J connectivity index is 1.81. The molecule has 6 heteroatoms. The number of aromatic nitrogens is 3. The second kappa shape index (κ2) is 5.88. The Morgan fingerprint density at radius 1 is 1.27 bits per heavy atom. The summed E-state index contributed by atoms with van der Waals surface area (Å²) in [5.41, 5.74) is 2.43. The number of nitrogens with zero attached hydrogens (tertiary/aromatic N) is 4. The van der Waals surface area contributed by atoms with E-state index >= 15 is 0 Å². The SMILES string of the molecule is Cc1ccc(-n2cc(C(=O)N3CC(C)OCC3C)nn2)cc1. The van der Waals surface area contributed by atoms with Crippen LogP contribution in [0.5, 0.6) is 0 Å². The Morgan fingerprint density at radius 2 is 2.00 bits per heavy atom. The quantitative estimate of drug-likeness (QED) is 0.849. The van der Waals surface area contributed by atoms with Crippen LogP contribution in [0.2, 0.25) is 0 Å². The first-order valence-electron chi connectivity index (χ1n) is 7.46. The topological polar surface area (TPSA) is 60.2 Å². The number of amides is 1. The van der Waals surface area contributed by atoms with Gasteiger partial charge in [-0.2, -0.15) is 0 Å². The Kier molecular flexibility index (Phi) is 3.94. The molecule has 2 aromatic rings. The van der Waals surface area contributed by atoms with Crippen molar-refractivity contribution in [2.45, 2.75) is 32.9 Å². The third kappa shape index (κ3) is 2.87. The molecule has 1 aliphatic rings. The van der Waals surface area contributed by atoms with Gasteiger partial charge in [-0.05, 0) is 32.9 Å². The summed E-state index contributed by atoms with van der Waals surface area (Å²) < 4.78 is 7.18. The predicted octanol–water partition coefficient (Wildman–Crippen LogP) is 1.83. The highest BCUT2D eigenvalue weighted by Gasteiger charge is 2.29. The van der Waals surface area contributed by atoms with Crippen LogP contribution in [0.15, 0.2) is 30.5 Å². The summed E-state index contributed by atoms with van der Waals surface area (Å²) >= 11 is 0. The Bertz CT molecular complexity index is 665. The molecule has 0 radical (unpaired) electrons. The summed E-state index contributed by atoms with van der Waals surface area (Å²) in [5.74, 6) is -0.0963. The smallest absolute Gasteiger partial charge is 0.276 e. The number of morpholine rings is 1. The van der Waals surface area contributed by atoms with Crippen molar-refractivity contribution in [3.8, 4) is 5.69 Å². The van der Waals surface area contributed by atoms with Gasteiger partial charge in [0.2, 0.25) is 0 Å². The van der Waals surface area contributed by atoms with E-state index in [0.717, 1.165) is 5.69 Å². The lowest BCUT2D eigenvalue weighted by molar-refractivity contribution is -0.0389. The fraction of sp³-hybridized carbons (Fsp3) is 0.438. The van der Waals surface area contributed by atoms with Crippen molar-refractivity contribution in [1.82, 2.24) is 19.9 Å². The van der Waals surface area contributed by atoms with Gasteiger partial charge in [-0.25, -0.2) is 4.68 Å². The van der Waals surface area contributed by atoms with Crippen molar-refractivity contribution in [2.24, 2.45) is 0 Å². The Morgan fingerprint density at radius 3 is 2.73 bits per heavy atom. The normalized spacial score (nSPS) is 21.9. The lowest BCUT2D eigenvalue weighted by Crippen LogP contribution is -2.50. The summed E-state index contributed by atoms with van der Waals surface area (Å²) in [5, 5.41) is 8.09. The van der Waals surface area contributed by atoms with E-state index in [9.17, 15) is 4.79 Å². The molecule has 0 aliphatic carbocycles. The van der Waals surface area contributed by atoms with Crippen molar-refractivity contribution >= 4 is 5.91 Å². The van der Waals surface area contributed by atoms with E-state index in [1.165, 1.54) is 5.56 Å². The van der Waals surface area contributed by atoms with E-state index in [2.05, 4.69) is 10.3 Å². The fourth-order valence-corrected chi connectivity index (χ4v) is 2.52. The highest BCUT2D eigenvalue weighted by molar-refractivity contribution is 5.92. The van der Waals surface area contributed by atoms with Crippen LogP contribution < -0.4 is 0 Å². The summed E-state index contributed by atoms with van der Waals surface area (Å²) in [6.45, 7) is 7.11. The average molecular weight is 300 g/mol. The van der Waals surface area contributed by atoms with Crippen molar-refractivity contribution in [1.29, 1.82) is 0 Å². The minimum absolute atomic E-state index is 0.0484. The zero-order valence-electron chi connectivity index (χ0n) is 13.1. The molecule has 1 saturated heterocycles. The van der Waals surface area contributed by atoms with Gasteiger partial charge in [0.15, 0.2) is 5.69 Å². The fourth-order valence-electron chi connectivity index (χ4n) is 2.52. The lowest BCUT2D eigenvalue weighted by atomic mass is 10.2. The van der Waals surface area contributed by atoms with Gasteiger partial charge in [-0.3, -0.25) is 4.79 Å². The number of rotatable bonds is 2. The lowest BCUT2D eigenvalue weighted by Gasteiger charge is -2.36. The number of ether oxygens (including phenoxy) is 1. The first kappa shape index (κ1) is 14.7. The van der Waals surface area contributed by atoms with E-state index in [4.69, 9.17) is 4.74 Å². The van der Waals surface area contributed by atoms with Crippen LogP contribution in [0.3, 0.4) is 0 Å². The van der Waals surface area contributed by atoms with Gasteiger partial charge < -0.3 is 9.64 Å². The third-order valence-corrected chi connectivity index (χ3v) is 3.88. The molecule has 1 aliphatic heterocycles. The molecule has 2 heterocycles. The Hall–Kier alpha value is -2.21. The molecule has 0 bridgehead atoms. The second-order valence-electron chi connectivity index (χ2n) is 5.83. The molecule has 1 aromatic heterocycles. The predicted molar refractivity (Wildman–Crippen MR) is 82.0 cm³/mol. The molecule has 2 unspecified atom stereocenters. The molecule has 0 N–H and O–H groups in total. The van der Waals surface area contributed by atoms with Gasteiger partial charge in [-0.15, -0.1) is 5.10 Å². The van der Waals surface area contributed by atoms with Gasteiger partial charge >= 0.3 is 0 Å². The monoisotopic (exact) mass is 300 g/mol. The standard InChI is InChI=1S/C16H20N4O2/c1-11-4-6-14(7-5-11)20-9-15(17-18-20)16(21)19-8-13(3)22-10-12(19)2/h4-7,9,12-13H,8,10H2,1-3H3. The van der Waals surface area contributed by atoms with E-state index in [-0.39, 0.29) is 18.1 Å². The van der Waals surface area contributed by atoms with Crippen LogP contribution in [0.25, 0.3) is 5.69 Å². The molecule has 2 atom stereocenters. The highest BCUT2D eigenvalue weighted by Crippen LogP contribution is 2.15. The first-order valence-corrected chi connectivity index (χ1v) is 7.46. The number of hydrogen-bond donors (Lipinski definition) is 0. The molecule has 0 saturated carbocycles. The van der Waals surface area contributed by atoms with Crippen LogP contribution in [-0.4, -0.2) is 51.1 Å². The average Bonchev–Trinajstić information content (AvgIpc) is 2.99. The van der Waals surface area contributed by atoms with Crippen LogP contribution in [0, 0.1) is 6.92 Å². The van der Waals surface area contributed by atoms with E-state index in [1.54, 1.807) is 15.8 Å². The van der Waals surface area contributed by atoms with Gasteiger partial charge in [0.1, 0.15) is 0 Å². The molecule has 1 fully saturated rings. The summed E-state index contributed by atoms with van der Waals surface area (Å²) in [6, 6.07) is 7.97. The van der Waals surface area contributed by atoms with Crippen LogP contribution in [0.1, 0.15) is 29.9 Å². The first-order chi connectivity index (χ1) is 10.5. The molecule has 0 spiro atoms. The van der Waals surface area contributed by atoms with Gasteiger partial charge in [0.25, 0.3) is 5.91 Å². The summed E-state index contributed by atoms with van der Waals surface area (Å²) in [7, 11) is 0. The maximum absolute atomic E-state index is 12.6. The molecule has 1 aromatic carbocycles. The van der Waals surface area contributed by atoms with Crippen LogP contribution >= 0.6 is 0 Å². The molecule has 1 amide bonds. The highest BCUT2D eigenvalue weighted by atomic mass is 16.5. The third-order valence-electron chi connectivity index (χ3n) is 3.88. The second-order valence-corrected chi connectivity index (χ2v) is 5.83. The summed E-state index contributed by atoms with van der Waals surface area (Å²) in [4.78, 5) is 14.4. The molecular formula is C16H20N4O2. The van der Waals surface area contributed by atoms with Gasteiger partial charge in [0, 0.05) is 6.54 Å². The number of benzene rings is 1. The molecule has 116 valence electrons. The molecule has 3 rings (SSSR count). The van der Waals surface area contributed by atoms with Crippen molar-refractivity contribution < 1.29 is 9.53 Å². The van der Waals surface area contributed by atoms with E-state index in [1.807, 2.05) is 45.0 Å². The van der Waals surface area contributed by atoms with Crippen molar-refractivity contribution in [3.05, 3.63) is 41.7 Å². The molecule has 6 nitrogen and oxygen atoms in total. The minimum atomic E-state index is -0.0963. The molecule has 22 heavy (non-hydrogen) atoms. The zero-order chi connectivity index (χ0) is 15.7. The maximum atomic E-state index is 12.6. The maximum Gasteiger partial charge on any atom is 0.276 e. The van der Waals surface area contributed by atoms with Gasteiger partial charge in [-0.1, -0.05) is 22.9 Å². The van der Waals surface area contributed by atoms with E-state index < -0.39 is 0 Å². The number of carbonyl (C=O) groups excluding carboxylic acids is 1. The molecular weight excluding hydrogens is 280 g/mol. The number of hydrogen-bond acceptors (Lipinski definition) is 4. The van der Waals surface area contributed by atoms with Crippen LogP contribution in [0.4, 0.5) is 0 Å². The van der Waals surface area contributed by atoms with Crippen LogP contribution in [-0.2, 0) is 4.74 Å². The number of carbonyl (C=O) groups is 1. The zero-order valence-corrected chi connectivity index (χ0v) is 13.1.